The van der Waals surface area contributed by atoms with E-state index in [1.165, 1.54) is 6.42 Å². The van der Waals surface area contributed by atoms with Crippen LogP contribution in [-0.4, -0.2) is 44.7 Å². The molecule has 0 amide bonds. The Kier molecular flexibility index (Phi) is 2.99. The average Bonchev–Trinajstić information content (AvgIpc) is 2.66. The lowest BCUT2D eigenvalue weighted by Crippen LogP contribution is -2.70. The average molecular weight is 273 g/mol. The second-order valence-corrected chi connectivity index (χ2v) is 8.89. The van der Waals surface area contributed by atoms with E-state index in [1.807, 2.05) is 0 Å². The largest absolute Gasteiger partial charge is 0.377 e. The minimum absolute atomic E-state index is 0.136. The molecule has 4 unspecified atom stereocenters. The second kappa shape index (κ2) is 4.18. The second-order valence-electron chi connectivity index (χ2n) is 6.66. The van der Waals surface area contributed by atoms with Crippen LogP contribution in [0.3, 0.4) is 0 Å². The Balaban J connectivity index is 1.66. The Bertz CT molecular complexity index is 432. The zero-order valence-electron chi connectivity index (χ0n) is 11.2. The molecule has 3 rings (SSSR count). The third-order valence-corrected chi connectivity index (χ3v) is 6.75. The van der Waals surface area contributed by atoms with Crippen molar-refractivity contribution in [3.63, 3.8) is 0 Å². The summed E-state index contributed by atoms with van der Waals surface area (Å²) < 4.78 is 28.9. The number of fused-ring (bicyclic) bond motifs is 1. The van der Waals surface area contributed by atoms with Gasteiger partial charge in [0.2, 0.25) is 0 Å². The van der Waals surface area contributed by atoms with Gasteiger partial charge in [0.05, 0.1) is 17.6 Å². The molecule has 104 valence electrons. The zero-order chi connectivity index (χ0) is 13.0. The van der Waals surface area contributed by atoms with Crippen LogP contribution in [0.15, 0.2) is 0 Å². The van der Waals surface area contributed by atoms with Gasteiger partial charge >= 0.3 is 0 Å². The molecule has 0 radical (unpaired) electrons. The summed E-state index contributed by atoms with van der Waals surface area (Å²) in [6.45, 7) is 5.36. The first-order chi connectivity index (χ1) is 8.40. The Morgan fingerprint density at radius 2 is 2.06 bits per heavy atom. The van der Waals surface area contributed by atoms with Crippen molar-refractivity contribution in [1.29, 1.82) is 0 Å². The van der Waals surface area contributed by atoms with Gasteiger partial charge in [-0.25, -0.2) is 8.42 Å². The molecular formula is C13H23NO3S. The summed E-state index contributed by atoms with van der Waals surface area (Å²) in [6.07, 6.45) is 3.48. The molecule has 0 aromatic rings. The first kappa shape index (κ1) is 12.9. The van der Waals surface area contributed by atoms with Gasteiger partial charge in [-0.1, -0.05) is 13.8 Å². The van der Waals surface area contributed by atoms with E-state index in [2.05, 4.69) is 19.2 Å². The van der Waals surface area contributed by atoms with Crippen molar-refractivity contribution in [2.24, 2.45) is 11.3 Å². The number of hydrogen-bond acceptors (Lipinski definition) is 4. The molecule has 2 heterocycles. The van der Waals surface area contributed by atoms with Crippen LogP contribution in [0.2, 0.25) is 0 Å². The SMILES string of the molecule is CC1(C)C(NC2CCS(=O)(=O)C2)C2CCCOC21. The highest BCUT2D eigenvalue weighted by Gasteiger charge is 2.58. The summed E-state index contributed by atoms with van der Waals surface area (Å²) in [5.74, 6) is 1.25. The molecule has 3 fully saturated rings. The van der Waals surface area contributed by atoms with Gasteiger partial charge in [-0.05, 0) is 19.3 Å². The molecule has 18 heavy (non-hydrogen) atoms. The van der Waals surface area contributed by atoms with Crippen LogP contribution in [0.5, 0.6) is 0 Å². The minimum atomic E-state index is -2.79. The fourth-order valence-corrected chi connectivity index (χ4v) is 5.73. The molecular weight excluding hydrogens is 250 g/mol. The molecule has 5 heteroatoms. The highest BCUT2D eigenvalue weighted by molar-refractivity contribution is 7.91. The summed E-state index contributed by atoms with van der Waals surface area (Å²) in [7, 11) is -2.79. The number of ether oxygens (including phenoxy) is 1. The van der Waals surface area contributed by atoms with E-state index >= 15 is 0 Å². The highest BCUT2D eigenvalue weighted by atomic mass is 32.2. The number of hydrogen-bond donors (Lipinski definition) is 1. The van der Waals surface area contributed by atoms with Gasteiger partial charge in [0.1, 0.15) is 0 Å². The van der Waals surface area contributed by atoms with E-state index in [4.69, 9.17) is 4.74 Å². The first-order valence-electron chi connectivity index (χ1n) is 6.98. The van der Waals surface area contributed by atoms with Crippen molar-refractivity contribution in [2.75, 3.05) is 18.1 Å². The van der Waals surface area contributed by atoms with E-state index in [9.17, 15) is 8.42 Å². The third-order valence-electron chi connectivity index (χ3n) is 4.98. The van der Waals surface area contributed by atoms with Gasteiger partial charge in [-0.15, -0.1) is 0 Å². The topological polar surface area (TPSA) is 55.4 Å². The predicted molar refractivity (Wildman–Crippen MR) is 70.2 cm³/mol. The van der Waals surface area contributed by atoms with E-state index < -0.39 is 9.84 Å². The molecule has 2 saturated heterocycles. The van der Waals surface area contributed by atoms with Crippen molar-refractivity contribution in [1.82, 2.24) is 5.32 Å². The maximum Gasteiger partial charge on any atom is 0.151 e. The van der Waals surface area contributed by atoms with Crippen molar-refractivity contribution in [3.8, 4) is 0 Å². The smallest absolute Gasteiger partial charge is 0.151 e. The standard InChI is InChI=1S/C13H23NO3S/c1-13(2)11(10-4-3-6-17-12(10)13)14-9-5-7-18(15,16)8-9/h9-12,14H,3-8H2,1-2H3. The monoisotopic (exact) mass is 273 g/mol. The molecule has 1 saturated carbocycles. The van der Waals surface area contributed by atoms with Gasteiger partial charge in [-0.2, -0.15) is 0 Å². The predicted octanol–water partition coefficient (Wildman–Crippen LogP) is 0.967. The molecule has 2 aliphatic heterocycles. The molecule has 0 aromatic heterocycles. The lowest BCUT2D eigenvalue weighted by Gasteiger charge is -2.60. The van der Waals surface area contributed by atoms with Gasteiger partial charge in [0.25, 0.3) is 0 Å². The summed E-state index contributed by atoms with van der Waals surface area (Å²) in [4.78, 5) is 0. The van der Waals surface area contributed by atoms with Crippen molar-refractivity contribution in [3.05, 3.63) is 0 Å². The van der Waals surface area contributed by atoms with E-state index in [1.54, 1.807) is 0 Å². The maximum atomic E-state index is 11.5. The van der Waals surface area contributed by atoms with Gasteiger partial charge in [-0.3, -0.25) is 0 Å². The molecule has 4 nitrogen and oxygen atoms in total. The van der Waals surface area contributed by atoms with Crippen LogP contribution in [0.1, 0.15) is 33.1 Å². The van der Waals surface area contributed by atoms with Gasteiger partial charge < -0.3 is 10.1 Å². The molecule has 0 spiro atoms. The first-order valence-corrected chi connectivity index (χ1v) is 8.80. The fraction of sp³-hybridized carbons (Fsp3) is 1.00. The summed E-state index contributed by atoms with van der Waals surface area (Å²) >= 11 is 0. The number of rotatable bonds is 2. The summed E-state index contributed by atoms with van der Waals surface area (Å²) in [6, 6.07) is 0.572. The lowest BCUT2D eigenvalue weighted by molar-refractivity contribution is -0.194. The van der Waals surface area contributed by atoms with Gasteiger partial charge in [0, 0.05) is 30.0 Å². The van der Waals surface area contributed by atoms with Crippen molar-refractivity contribution >= 4 is 9.84 Å². The molecule has 1 N–H and O–H groups in total. The molecule has 0 aromatic carbocycles. The van der Waals surface area contributed by atoms with E-state index in [0.717, 1.165) is 19.4 Å². The van der Waals surface area contributed by atoms with Crippen molar-refractivity contribution < 1.29 is 13.2 Å². The fourth-order valence-electron chi connectivity index (χ4n) is 4.04. The quantitative estimate of drug-likeness (QED) is 0.814. The Morgan fingerprint density at radius 3 is 2.72 bits per heavy atom. The summed E-state index contributed by atoms with van der Waals surface area (Å²) in [5, 5.41) is 3.60. The van der Waals surface area contributed by atoms with Crippen LogP contribution in [-0.2, 0) is 14.6 Å². The van der Waals surface area contributed by atoms with E-state index in [0.29, 0.717) is 29.6 Å². The van der Waals surface area contributed by atoms with Crippen LogP contribution in [0, 0.1) is 11.3 Å². The van der Waals surface area contributed by atoms with Crippen LogP contribution >= 0.6 is 0 Å². The number of nitrogens with one attached hydrogen (secondary N) is 1. The Hall–Kier alpha value is -0.130. The molecule has 0 bridgehead atoms. The number of sulfone groups is 1. The van der Waals surface area contributed by atoms with Gasteiger partial charge in [0.15, 0.2) is 9.84 Å². The van der Waals surface area contributed by atoms with Crippen molar-refractivity contribution in [2.45, 2.75) is 51.3 Å². The van der Waals surface area contributed by atoms with Crippen LogP contribution < -0.4 is 5.32 Å². The third kappa shape index (κ3) is 2.00. The zero-order valence-corrected chi connectivity index (χ0v) is 12.0. The molecule has 3 aliphatic rings. The van der Waals surface area contributed by atoms with E-state index in [-0.39, 0.29) is 11.5 Å². The molecule has 1 aliphatic carbocycles. The summed E-state index contributed by atoms with van der Waals surface area (Å²) in [5.41, 5.74) is 0.136. The Labute approximate surface area is 109 Å². The maximum absolute atomic E-state index is 11.5. The minimum Gasteiger partial charge on any atom is -0.377 e. The van der Waals surface area contributed by atoms with Crippen LogP contribution in [0.4, 0.5) is 0 Å². The Morgan fingerprint density at radius 1 is 1.28 bits per heavy atom. The highest BCUT2D eigenvalue weighted by Crippen LogP contribution is 2.51. The molecule has 4 atom stereocenters. The normalized spacial score (nSPS) is 45.2. The lowest BCUT2D eigenvalue weighted by atomic mass is 9.55. The van der Waals surface area contributed by atoms with Crippen LogP contribution in [0.25, 0.3) is 0 Å².